The van der Waals surface area contributed by atoms with E-state index in [-0.39, 0.29) is 32.3 Å². The molecule has 0 saturated heterocycles. The average molecular weight is 593 g/mol. The van der Waals surface area contributed by atoms with Crippen molar-refractivity contribution in [2.24, 2.45) is 0 Å². The van der Waals surface area contributed by atoms with Crippen LogP contribution in [-0.2, 0) is 0 Å². The Labute approximate surface area is 252 Å². The summed E-state index contributed by atoms with van der Waals surface area (Å²) in [6.45, 7) is 1.06. The van der Waals surface area contributed by atoms with E-state index in [1.54, 1.807) is 12.1 Å². The van der Waals surface area contributed by atoms with Crippen molar-refractivity contribution in [3.63, 3.8) is 0 Å². The fraction of sp³-hybridized carbons (Fsp3) is 0.182. The van der Waals surface area contributed by atoms with Crippen LogP contribution in [0.15, 0.2) is 84.9 Å². The van der Waals surface area contributed by atoms with Crippen molar-refractivity contribution in [3.8, 4) is 28.5 Å². The SMILES string of the molecule is O=C(Nc1ccc2[nH]c(-c3ccc(OCCO)cc3)nc2c1)c1ccc2nc(-c3ccc(N(CCO)CCO)cc3)[nH]c2c1. The molecule has 0 radical (unpaired) electrons. The lowest BCUT2D eigenvalue weighted by molar-refractivity contribution is 0.102. The number of hydrogen-bond acceptors (Lipinski definition) is 8. The highest BCUT2D eigenvalue weighted by Crippen LogP contribution is 2.27. The Morgan fingerprint density at radius 3 is 2.07 bits per heavy atom. The molecule has 2 aromatic heterocycles. The number of nitrogens with zero attached hydrogens (tertiary/aromatic N) is 3. The van der Waals surface area contributed by atoms with Crippen LogP contribution in [-0.4, -0.2) is 80.7 Å². The fourth-order valence-corrected chi connectivity index (χ4v) is 5.03. The molecule has 0 atom stereocenters. The molecule has 44 heavy (non-hydrogen) atoms. The second kappa shape index (κ2) is 13.0. The number of fused-ring (bicyclic) bond motifs is 2. The van der Waals surface area contributed by atoms with Gasteiger partial charge in [0.15, 0.2) is 0 Å². The molecule has 6 aromatic rings. The minimum atomic E-state index is -0.256. The maximum absolute atomic E-state index is 13.2. The van der Waals surface area contributed by atoms with E-state index in [0.717, 1.165) is 33.4 Å². The summed E-state index contributed by atoms with van der Waals surface area (Å²) in [4.78, 5) is 31.1. The van der Waals surface area contributed by atoms with Crippen LogP contribution in [0, 0.1) is 0 Å². The van der Waals surface area contributed by atoms with Gasteiger partial charge in [-0.3, -0.25) is 4.79 Å². The van der Waals surface area contributed by atoms with Gasteiger partial charge in [0.2, 0.25) is 0 Å². The monoisotopic (exact) mass is 592 g/mol. The van der Waals surface area contributed by atoms with Crippen LogP contribution in [0.4, 0.5) is 11.4 Å². The number of carbonyl (C=O) groups excluding carboxylic acids is 1. The van der Waals surface area contributed by atoms with Crippen molar-refractivity contribution in [3.05, 3.63) is 90.5 Å². The third-order valence-electron chi connectivity index (χ3n) is 7.22. The van der Waals surface area contributed by atoms with E-state index >= 15 is 0 Å². The molecule has 0 fully saturated rings. The van der Waals surface area contributed by atoms with Crippen LogP contribution in [0.1, 0.15) is 10.4 Å². The first-order valence-electron chi connectivity index (χ1n) is 14.3. The fourth-order valence-electron chi connectivity index (χ4n) is 5.03. The van der Waals surface area contributed by atoms with Crippen molar-refractivity contribution in [2.75, 3.05) is 49.7 Å². The highest BCUT2D eigenvalue weighted by Gasteiger charge is 2.13. The van der Waals surface area contributed by atoms with Gasteiger partial charge in [0, 0.05) is 41.2 Å². The Morgan fingerprint density at radius 2 is 1.39 bits per heavy atom. The number of anilines is 2. The van der Waals surface area contributed by atoms with Gasteiger partial charge >= 0.3 is 0 Å². The molecular formula is C33H32N6O5. The molecule has 0 unspecified atom stereocenters. The van der Waals surface area contributed by atoms with Gasteiger partial charge in [0.25, 0.3) is 5.91 Å². The van der Waals surface area contributed by atoms with E-state index in [4.69, 9.17) is 14.8 Å². The number of nitrogens with one attached hydrogen (secondary N) is 3. The average Bonchev–Trinajstić information content (AvgIpc) is 3.68. The number of aromatic nitrogens is 4. The Balaban J connectivity index is 1.16. The van der Waals surface area contributed by atoms with Crippen molar-refractivity contribution in [1.82, 2.24) is 19.9 Å². The molecule has 11 heteroatoms. The summed E-state index contributed by atoms with van der Waals surface area (Å²) in [5.41, 5.74) is 6.79. The quantitative estimate of drug-likeness (QED) is 0.123. The second-order valence-electron chi connectivity index (χ2n) is 10.2. The molecule has 0 spiro atoms. The summed E-state index contributed by atoms with van der Waals surface area (Å²) < 4.78 is 5.42. The van der Waals surface area contributed by atoms with Gasteiger partial charge in [-0.25, -0.2) is 9.97 Å². The Kier molecular flexibility index (Phi) is 8.50. The van der Waals surface area contributed by atoms with Gasteiger partial charge in [0.1, 0.15) is 24.0 Å². The topological polar surface area (TPSA) is 160 Å². The lowest BCUT2D eigenvalue weighted by atomic mass is 10.2. The third kappa shape index (κ3) is 6.25. The molecule has 224 valence electrons. The number of carbonyl (C=O) groups is 1. The first-order chi connectivity index (χ1) is 21.5. The Hall–Kier alpha value is -5.23. The number of aromatic amines is 2. The number of hydrogen-bond donors (Lipinski definition) is 6. The summed E-state index contributed by atoms with van der Waals surface area (Å²) in [6, 6.07) is 26.0. The zero-order valence-corrected chi connectivity index (χ0v) is 23.8. The van der Waals surface area contributed by atoms with E-state index in [2.05, 4.69) is 20.3 Å². The maximum atomic E-state index is 13.2. The molecule has 6 N–H and O–H groups in total. The van der Waals surface area contributed by atoms with E-state index < -0.39 is 0 Å². The first kappa shape index (κ1) is 28.9. The number of aliphatic hydroxyl groups is 3. The number of amides is 1. The summed E-state index contributed by atoms with van der Waals surface area (Å²) in [5.74, 6) is 1.78. The number of rotatable bonds is 12. The molecule has 2 heterocycles. The third-order valence-corrected chi connectivity index (χ3v) is 7.22. The minimum Gasteiger partial charge on any atom is -0.491 e. The van der Waals surface area contributed by atoms with E-state index in [0.29, 0.717) is 47.3 Å². The molecule has 0 aliphatic heterocycles. The van der Waals surface area contributed by atoms with E-state index in [1.807, 2.05) is 77.7 Å². The van der Waals surface area contributed by atoms with Crippen molar-refractivity contribution < 1.29 is 24.9 Å². The lowest BCUT2D eigenvalue weighted by Crippen LogP contribution is -2.29. The predicted octanol–water partition coefficient (Wildman–Crippen LogP) is 4.19. The molecule has 6 rings (SSSR count). The largest absolute Gasteiger partial charge is 0.491 e. The van der Waals surface area contributed by atoms with Crippen molar-refractivity contribution >= 4 is 39.3 Å². The van der Waals surface area contributed by atoms with Crippen LogP contribution in [0.5, 0.6) is 5.75 Å². The number of benzene rings is 4. The van der Waals surface area contributed by atoms with Crippen LogP contribution in [0.25, 0.3) is 44.8 Å². The van der Waals surface area contributed by atoms with Gasteiger partial charge in [0.05, 0.1) is 41.9 Å². The number of aliphatic hydroxyl groups excluding tert-OH is 3. The lowest BCUT2D eigenvalue weighted by Gasteiger charge is -2.22. The van der Waals surface area contributed by atoms with Crippen molar-refractivity contribution in [2.45, 2.75) is 0 Å². The second-order valence-corrected chi connectivity index (χ2v) is 10.2. The molecule has 0 aliphatic rings. The Morgan fingerprint density at radius 1 is 0.727 bits per heavy atom. The van der Waals surface area contributed by atoms with Crippen molar-refractivity contribution in [1.29, 1.82) is 0 Å². The van der Waals surface area contributed by atoms with Gasteiger partial charge in [-0.05, 0) is 84.9 Å². The predicted molar refractivity (Wildman–Crippen MR) is 170 cm³/mol. The number of imidazole rings is 2. The molecule has 0 bridgehead atoms. The highest BCUT2D eigenvalue weighted by molar-refractivity contribution is 6.06. The smallest absolute Gasteiger partial charge is 0.255 e. The van der Waals surface area contributed by atoms with E-state index in [1.165, 1.54) is 0 Å². The molecule has 0 saturated carbocycles. The first-order valence-corrected chi connectivity index (χ1v) is 14.3. The Bertz CT molecular complexity index is 1880. The standard InChI is InChI=1S/C33H32N6O5/c40-15-13-39(14-16-41)25-7-1-21(2-8-25)31-35-27-11-5-23(19-29(27)37-31)33(43)34-24-6-12-28-30(20-24)38-32(36-28)22-3-9-26(10-4-22)44-18-17-42/h1-12,19-20,40-42H,13-18H2,(H,34,43)(H,35,37)(H,36,38). The molecular weight excluding hydrogens is 560 g/mol. The summed E-state index contributed by atoms with van der Waals surface area (Å²) in [6.07, 6.45) is 0. The summed E-state index contributed by atoms with van der Waals surface area (Å²) in [7, 11) is 0. The van der Waals surface area contributed by atoms with Gasteiger partial charge in [-0.1, -0.05) is 0 Å². The van der Waals surface area contributed by atoms with Gasteiger partial charge in [-0.15, -0.1) is 0 Å². The van der Waals surface area contributed by atoms with E-state index in [9.17, 15) is 15.0 Å². The summed E-state index contributed by atoms with van der Waals surface area (Å²) >= 11 is 0. The zero-order valence-electron chi connectivity index (χ0n) is 23.8. The highest BCUT2D eigenvalue weighted by atomic mass is 16.5. The molecule has 11 nitrogen and oxygen atoms in total. The van der Waals surface area contributed by atoms with Crippen LogP contribution < -0.4 is 15.0 Å². The number of H-pyrrole nitrogens is 2. The molecule has 4 aromatic carbocycles. The van der Waals surface area contributed by atoms with Gasteiger partial charge < -0.3 is 40.2 Å². The molecule has 0 aliphatic carbocycles. The maximum Gasteiger partial charge on any atom is 0.255 e. The van der Waals surface area contributed by atoms with Crippen LogP contribution in [0.2, 0.25) is 0 Å². The minimum absolute atomic E-state index is 0.00104. The van der Waals surface area contributed by atoms with Gasteiger partial charge in [-0.2, -0.15) is 0 Å². The normalized spacial score (nSPS) is 11.2. The summed E-state index contributed by atoms with van der Waals surface area (Å²) in [5, 5.41) is 30.5. The molecule has 1 amide bonds. The van der Waals surface area contributed by atoms with Crippen LogP contribution >= 0.6 is 0 Å². The van der Waals surface area contributed by atoms with Crippen LogP contribution in [0.3, 0.4) is 0 Å². The zero-order chi connectivity index (χ0) is 30.5. The number of ether oxygens (including phenoxy) is 1.